The third-order valence-electron chi connectivity index (χ3n) is 2.50. The maximum absolute atomic E-state index is 11.3. The summed E-state index contributed by atoms with van der Waals surface area (Å²) in [5, 5.41) is 0. The van der Waals surface area contributed by atoms with Crippen molar-refractivity contribution < 1.29 is 17.3 Å². The first-order valence-corrected chi connectivity index (χ1v) is 6.68. The second kappa shape index (κ2) is 3.89. The molecule has 0 aliphatic carbocycles. The third kappa shape index (κ3) is 2.53. The van der Waals surface area contributed by atoms with Crippen LogP contribution in [0.5, 0.6) is 11.5 Å². The Morgan fingerprint density at radius 1 is 1.41 bits per heavy atom. The molecule has 1 aromatic carbocycles. The summed E-state index contributed by atoms with van der Waals surface area (Å²) in [7, 11) is -2.47. The van der Waals surface area contributed by atoms with Crippen LogP contribution in [0.4, 0.5) is 0 Å². The Hall–Kier alpha value is -1.27. The number of para-hydroxylation sites is 1. The average Bonchev–Trinajstić information content (AvgIpc) is 2.53. The molecule has 1 heterocycles. The van der Waals surface area contributed by atoms with Crippen LogP contribution in [0.2, 0.25) is 0 Å². The Labute approximate surface area is 101 Å². The summed E-state index contributed by atoms with van der Waals surface area (Å²) >= 11 is 0. The predicted molar refractivity (Wildman–Crippen MR) is 63.5 cm³/mol. The quantitative estimate of drug-likeness (QED) is 0.885. The van der Waals surface area contributed by atoms with Crippen molar-refractivity contribution in [3.63, 3.8) is 0 Å². The second-order valence-electron chi connectivity index (χ2n) is 4.52. The molecule has 2 rings (SSSR count). The van der Waals surface area contributed by atoms with E-state index < -0.39 is 10.3 Å². The van der Waals surface area contributed by atoms with Crippen molar-refractivity contribution in [3.05, 3.63) is 23.8 Å². The molecule has 1 aliphatic heterocycles. The van der Waals surface area contributed by atoms with Crippen molar-refractivity contribution in [1.82, 2.24) is 4.72 Å². The maximum Gasteiger partial charge on any atom is 0.382 e. The molecule has 0 fully saturated rings. The van der Waals surface area contributed by atoms with Gasteiger partial charge in [-0.3, -0.25) is 0 Å². The van der Waals surface area contributed by atoms with Gasteiger partial charge in [0.25, 0.3) is 0 Å². The van der Waals surface area contributed by atoms with Crippen LogP contribution >= 0.6 is 0 Å². The van der Waals surface area contributed by atoms with Crippen LogP contribution in [-0.2, 0) is 16.7 Å². The second-order valence-corrected chi connectivity index (χ2v) is 6.01. The molecule has 0 radical (unpaired) electrons. The molecule has 0 spiro atoms. The number of benzene rings is 1. The maximum atomic E-state index is 11.3. The van der Waals surface area contributed by atoms with E-state index in [0.29, 0.717) is 5.75 Å². The largest absolute Gasteiger partial charge is 0.483 e. The molecule has 17 heavy (non-hydrogen) atoms. The van der Waals surface area contributed by atoms with E-state index in [0.717, 1.165) is 12.0 Å². The average molecular weight is 257 g/mol. The highest BCUT2D eigenvalue weighted by molar-refractivity contribution is 7.85. The summed E-state index contributed by atoms with van der Waals surface area (Å²) < 4.78 is 35.4. The molecule has 0 atom stereocenters. The van der Waals surface area contributed by atoms with E-state index in [4.69, 9.17) is 8.92 Å². The number of rotatable bonds is 3. The number of nitrogens with one attached hydrogen (secondary N) is 1. The lowest BCUT2D eigenvalue weighted by Gasteiger charge is -2.17. The zero-order valence-electron chi connectivity index (χ0n) is 9.98. The molecule has 1 aliphatic rings. The summed E-state index contributed by atoms with van der Waals surface area (Å²) in [5.41, 5.74) is 0.629. The van der Waals surface area contributed by atoms with Crippen LogP contribution in [0, 0.1) is 0 Å². The fourth-order valence-electron chi connectivity index (χ4n) is 1.81. The highest BCUT2D eigenvalue weighted by Crippen LogP contribution is 2.42. The summed E-state index contributed by atoms with van der Waals surface area (Å²) in [4.78, 5) is 0. The van der Waals surface area contributed by atoms with Crippen molar-refractivity contribution in [3.8, 4) is 11.5 Å². The Bertz CT molecular complexity index is 536. The van der Waals surface area contributed by atoms with Gasteiger partial charge in [0.15, 0.2) is 11.5 Å². The smallest absolute Gasteiger partial charge is 0.382 e. The fraction of sp³-hybridized carbons (Fsp3) is 0.455. The van der Waals surface area contributed by atoms with Crippen LogP contribution < -0.4 is 13.6 Å². The zero-order chi connectivity index (χ0) is 12.7. The monoisotopic (exact) mass is 257 g/mol. The molecular weight excluding hydrogens is 242 g/mol. The number of fused-ring (bicyclic) bond motifs is 1. The molecule has 1 aromatic rings. The molecule has 0 aromatic heterocycles. The van der Waals surface area contributed by atoms with Gasteiger partial charge in [0.05, 0.1) is 0 Å². The van der Waals surface area contributed by atoms with Gasteiger partial charge in [-0.25, -0.2) is 0 Å². The minimum atomic E-state index is -3.76. The lowest BCUT2D eigenvalue weighted by Crippen LogP contribution is -2.26. The van der Waals surface area contributed by atoms with E-state index in [-0.39, 0.29) is 11.4 Å². The van der Waals surface area contributed by atoms with Crippen molar-refractivity contribution in [2.75, 3.05) is 7.05 Å². The minimum absolute atomic E-state index is 0.224. The molecular formula is C11H15NO4S. The fourth-order valence-corrected chi connectivity index (χ4v) is 2.26. The molecule has 6 heteroatoms. The topological polar surface area (TPSA) is 64.6 Å². The van der Waals surface area contributed by atoms with E-state index in [1.165, 1.54) is 7.05 Å². The Morgan fingerprint density at radius 2 is 2.12 bits per heavy atom. The van der Waals surface area contributed by atoms with Crippen molar-refractivity contribution in [2.45, 2.75) is 25.9 Å². The van der Waals surface area contributed by atoms with Crippen molar-refractivity contribution >= 4 is 10.3 Å². The van der Waals surface area contributed by atoms with Gasteiger partial charge in [-0.2, -0.15) is 13.1 Å². The molecule has 0 saturated carbocycles. The van der Waals surface area contributed by atoms with Gasteiger partial charge < -0.3 is 8.92 Å². The zero-order valence-corrected chi connectivity index (χ0v) is 10.8. The Balaban J connectivity index is 2.37. The third-order valence-corrected chi connectivity index (χ3v) is 3.40. The number of hydrogen-bond acceptors (Lipinski definition) is 4. The first-order chi connectivity index (χ1) is 7.83. The van der Waals surface area contributed by atoms with Crippen LogP contribution in [0.25, 0.3) is 0 Å². The van der Waals surface area contributed by atoms with Crippen LogP contribution in [0.15, 0.2) is 18.2 Å². The molecule has 0 saturated heterocycles. The van der Waals surface area contributed by atoms with Crippen LogP contribution in [0.1, 0.15) is 19.4 Å². The lowest BCUT2D eigenvalue weighted by atomic mass is 10.0. The van der Waals surface area contributed by atoms with Gasteiger partial charge in [0.1, 0.15) is 5.60 Å². The highest BCUT2D eigenvalue weighted by Gasteiger charge is 2.33. The molecule has 0 bridgehead atoms. The first kappa shape index (κ1) is 12.2. The molecule has 0 unspecified atom stereocenters. The summed E-state index contributed by atoms with van der Waals surface area (Å²) in [6.45, 7) is 3.90. The SMILES string of the molecule is CNS(=O)(=O)Oc1cccc2c1OC(C)(C)C2. The van der Waals surface area contributed by atoms with Gasteiger partial charge >= 0.3 is 10.3 Å². The standard InChI is InChI=1S/C11H15NO4S/c1-11(2)7-8-5-4-6-9(10(8)15-11)16-17(13,14)12-3/h4-6,12H,7H2,1-3H3. The van der Waals surface area contributed by atoms with Crippen molar-refractivity contribution in [2.24, 2.45) is 0 Å². The Kier molecular flexibility index (Phi) is 2.79. The van der Waals surface area contributed by atoms with Gasteiger partial charge in [0.2, 0.25) is 0 Å². The van der Waals surface area contributed by atoms with Crippen LogP contribution in [0.3, 0.4) is 0 Å². The van der Waals surface area contributed by atoms with E-state index >= 15 is 0 Å². The van der Waals surface area contributed by atoms with Crippen molar-refractivity contribution in [1.29, 1.82) is 0 Å². The molecule has 94 valence electrons. The predicted octanol–water partition coefficient (Wildman–Crippen LogP) is 1.24. The summed E-state index contributed by atoms with van der Waals surface area (Å²) in [6.07, 6.45) is 0.735. The van der Waals surface area contributed by atoms with Gasteiger partial charge in [-0.15, -0.1) is 0 Å². The van der Waals surface area contributed by atoms with Gasteiger partial charge in [0, 0.05) is 19.0 Å². The molecule has 5 nitrogen and oxygen atoms in total. The minimum Gasteiger partial charge on any atom is -0.483 e. The molecule has 0 amide bonds. The Morgan fingerprint density at radius 3 is 2.76 bits per heavy atom. The first-order valence-electron chi connectivity index (χ1n) is 5.27. The van der Waals surface area contributed by atoms with E-state index in [1.807, 2.05) is 19.9 Å². The number of ether oxygens (including phenoxy) is 1. The summed E-state index contributed by atoms with van der Waals surface area (Å²) in [5.74, 6) is 0.735. The highest BCUT2D eigenvalue weighted by atomic mass is 32.2. The van der Waals surface area contributed by atoms with Gasteiger partial charge in [-0.1, -0.05) is 12.1 Å². The van der Waals surface area contributed by atoms with Gasteiger partial charge in [-0.05, 0) is 19.9 Å². The number of hydrogen-bond donors (Lipinski definition) is 1. The van der Waals surface area contributed by atoms with E-state index in [1.54, 1.807) is 12.1 Å². The lowest BCUT2D eigenvalue weighted by molar-refractivity contribution is 0.136. The van der Waals surface area contributed by atoms with Crippen LogP contribution in [-0.4, -0.2) is 21.1 Å². The summed E-state index contributed by atoms with van der Waals surface area (Å²) in [6, 6.07) is 5.24. The normalized spacial score (nSPS) is 17.4. The van der Waals surface area contributed by atoms with E-state index in [9.17, 15) is 8.42 Å². The molecule has 1 N–H and O–H groups in total. The van der Waals surface area contributed by atoms with E-state index in [2.05, 4.69) is 4.72 Å².